The summed E-state index contributed by atoms with van der Waals surface area (Å²) in [7, 11) is 0. The van der Waals surface area contributed by atoms with Crippen molar-refractivity contribution in [3.63, 3.8) is 0 Å². The number of hydrogen-bond acceptors (Lipinski definition) is 3. The molecule has 48 valence electrons. The normalized spacial score (nSPS) is 8.62. The number of guanidine groups is 1. The first-order valence-corrected chi connectivity index (χ1v) is 2.21. The summed E-state index contributed by atoms with van der Waals surface area (Å²) in [6.45, 7) is 0.417. The van der Waals surface area contributed by atoms with Crippen molar-refractivity contribution in [3.05, 3.63) is 0 Å². The molecule has 0 aliphatic carbocycles. The molecule has 0 fully saturated rings. The molecule has 0 spiro atoms. The Morgan fingerprint density at radius 2 is 2.38 bits per heavy atom. The first kappa shape index (κ1) is 7.19. The highest BCUT2D eigenvalue weighted by molar-refractivity contribution is 5.73. The van der Waals surface area contributed by atoms with Crippen LogP contribution in [0.4, 0.5) is 0 Å². The largest absolute Gasteiger partial charge is 0.395 e. The molecule has 0 amide bonds. The standard InChI is InChI=1S/C3H10N4O/c4-3(5)7-6-1-2-8/h6,8H,1-2H2,(H4,4,5,7). The van der Waals surface area contributed by atoms with Crippen molar-refractivity contribution in [2.75, 3.05) is 13.2 Å². The van der Waals surface area contributed by atoms with Gasteiger partial charge in [0.15, 0.2) is 5.96 Å². The molecule has 0 radical (unpaired) electrons. The van der Waals surface area contributed by atoms with Gasteiger partial charge in [0.1, 0.15) is 0 Å². The van der Waals surface area contributed by atoms with Gasteiger partial charge in [-0.1, -0.05) is 0 Å². The van der Waals surface area contributed by atoms with Crippen LogP contribution < -0.4 is 16.6 Å². The predicted molar refractivity (Wildman–Crippen MR) is 30.1 cm³/mol. The van der Waals surface area contributed by atoms with Gasteiger partial charge in [-0.05, 0) is 0 Å². The van der Waals surface area contributed by atoms with Crippen molar-refractivity contribution in [2.24, 2.45) is 5.73 Å². The first-order chi connectivity index (χ1) is 3.77. The third kappa shape index (κ3) is 5.19. The van der Waals surface area contributed by atoms with Crippen LogP contribution in [0.2, 0.25) is 0 Å². The number of nitrogens with two attached hydrogens (primary N) is 1. The van der Waals surface area contributed by atoms with E-state index in [0.717, 1.165) is 0 Å². The average molecular weight is 118 g/mol. The summed E-state index contributed by atoms with van der Waals surface area (Å²) < 4.78 is 0. The summed E-state index contributed by atoms with van der Waals surface area (Å²) in [4.78, 5) is 0. The maximum absolute atomic E-state index is 8.17. The Hall–Kier alpha value is -0.810. The van der Waals surface area contributed by atoms with Gasteiger partial charge in [0.2, 0.25) is 0 Å². The number of hydrogen-bond donors (Lipinski definition) is 5. The lowest BCUT2D eigenvalue weighted by Crippen LogP contribution is -2.42. The molecule has 0 aliphatic rings. The molecular weight excluding hydrogens is 108 g/mol. The van der Waals surface area contributed by atoms with Crippen LogP contribution in [0.25, 0.3) is 0 Å². The van der Waals surface area contributed by atoms with Gasteiger partial charge in [0.25, 0.3) is 0 Å². The molecule has 0 aromatic heterocycles. The van der Waals surface area contributed by atoms with Gasteiger partial charge in [-0.2, -0.15) is 0 Å². The molecule has 0 saturated carbocycles. The lowest BCUT2D eigenvalue weighted by Gasteiger charge is -2.01. The average Bonchev–Trinajstić information content (AvgIpc) is 1.66. The van der Waals surface area contributed by atoms with E-state index < -0.39 is 0 Å². The van der Waals surface area contributed by atoms with E-state index in [4.69, 9.17) is 16.2 Å². The fraction of sp³-hybridized carbons (Fsp3) is 0.667. The molecule has 6 N–H and O–H groups in total. The Morgan fingerprint density at radius 3 is 2.75 bits per heavy atom. The predicted octanol–water partition coefficient (Wildman–Crippen LogP) is -2.03. The van der Waals surface area contributed by atoms with Crippen molar-refractivity contribution >= 4 is 5.96 Å². The minimum Gasteiger partial charge on any atom is -0.395 e. The van der Waals surface area contributed by atoms with E-state index in [1.807, 2.05) is 0 Å². The van der Waals surface area contributed by atoms with E-state index >= 15 is 0 Å². The zero-order valence-corrected chi connectivity index (χ0v) is 4.44. The summed E-state index contributed by atoms with van der Waals surface area (Å²) in [5.74, 6) is -0.154. The van der Waals surface area contributed by atoms with Crippen LogP contribution in [0, 0.1) is 5.41 Å². The summed E-state index contributed by atoms with van der Waals surface area (Å²) in [5, 5.41) is 14.8. The molecule has 0 heterocycles. The van der Waals surface area contributed by atoms with Gasteiger partial charge in [-0.25, -0.2) is 5.43 Å². The van der Waals surface area contributed by atoms with Gasteiger partial charge in [-0.3, -0.25) is 10.8 Å². The van der Waals surface area contributed by atoms with Crippen molar-refractivity contribution < 1.29 is 5.11 Å². The minimum atomic E-state index is -0.154. The van der Waals surface area contributed by atoms with Crippen LogP contribution in [0.5, 0.6) is 0 Å². The minimum absolute atomic E-state index is 0.0281. The summed E-state index contributed by atoms with van der Waals surface area (Å²) in [6, 6.07) is 0. The monoisotopic (exact) mass is 118 g/mol. The first-order valence-electron chi connectivity index (χ1n) is 2.21. The topological polar surface area (TPSA) is 94.2 Å². The molecule has 0 rings (SSSR count). The molecule has 0 unspecified atom stereocenters. The summed E-state index contributed by atoms with van der Waals surface area (Å²) >= 11 is 0. The Balaban J connectivity index is 2.82. The Morgan fingerprint density at radius 1 is 1.75 bits per heavy atom. The number of aliphatic hydroxyl groups excluding tert-OH is 1. The Kier molecular flexibility index (Phi) is 3.91. The maximum Gasteiger partial charge on any atom is 0.200 e. The number of rotatable bonds is 3. The molecule has 8 heavy (non-hydrogen) atoms. The molecule has 0 aromatic carbocycles. The SMILES string of the molecule is N=C(N)NNCCO. The van der Waals surface area contributed by atoms with E-state index in [1.165, 1.54) is 0 Å². The van der Waals surface area contributed by atoms with Gasteiger partial charge in [-0.15, -0.1) is 0 Å². The second-order valence-corrected chi connectivity index (χ2v) is 1.19. The van der Waals surface area contributed by atoms with Crippen LogP contribution in [-0.2, 0) is 0 Å². The zero-order chi connectivity index (χ0) is 6.41. The van der Waals surface area contributed by atoms with Gasteiger partial charge in [0, 0.05) is 6.54 Å². The second-order valence-electron chi connectivity index (χ2n) is 1.19. The smallest absolute Gasteiger partial charge is 0.200 e. The molecule has 5 heteroatoms. The molecule has 0 bridgehead atoms. The van der Waals surface area contributed by atoms with E-state index in [9.17, 15) is 0 Å². The zero-order valence-electron chi connectivity index (χ0n) is 4.44. The van der Waals surface area contributed by atoms with Crippen LogP contribution in [0.15, 0.2) is 0 Å². The van der Waals surface area contributed by atoms with Crippen LogP contribution in [-0.4, -0.2) is 24.2 Å². The maximum atomic E-state index is 8.17. The molecule has 0 atom stereocenters. The van der Waals surface area contributed by atoms with Gasteiger partial charge in [0.05, 0.1) is 6.61 Å². The lowest BCUT2D eigenvalue weighted by atomic mass is 10.7. The molecule has 0 aromatic rings. The number of hydrazine groups is 1. The molecular formula is C3H10N4O. The van der Waals surface area contributed by atoms with Crippen molar-refractivity contribution in [3.8, 4) is 0 Å². The quantitative estimate of drug-likeness (QED) is 0.128. The molecule has 5 nitrogen and oxygen atoms in total. The fourth-order valence-electron chi connectivity index (χ4n) is 0.214. The van der Waals surface area contributed by atoms with Gasteiger partial charge < -0.3 is 10.8 Å². The molecule has 0 aliphatic heterocycles. The third-order valence-corrected chi connectivity index (χ3v) is 0.460. The number of aliphatic hydroxyl groups is 1. The van der Waals surface area contributed by atoms with E-state index in [2.05, 4.69) is 10.9 Å². The highest BCUT2D eigenvalue weighted by Crippen LogP contribution is 1.47. The van der Waals surface area contributed by atoms with Crippen LogP contribution in [0.1, 0.15) is 0 Å². The highest BCUT2D eigenvalue weighted by atomic mass is 16.3. The van der Waals surface area contributed by atoms with E-state index in [-0.39, 0.29) is 12.6 Å². The van der Waals surface area contributed by atoms with E-state index in [0.29, 0.717) is 6.54 Å². The third-order valence-electron chi connectivity index (χ3n) is 0.460. The van der Waals surface area contributed by atoms with E-state index in [1.54, 1.807) is 0 Å². The van der Waals surface area contributed by atoms with Crippen molar-refractivity contribution in [1.29, 1.82) is 5.41 Å². The van der Waals surface area contributed by atoms with Crippen LogP contribution >= 0.6 is 0 Å². The summed E-state index contributed by atoms with van der Waals surface area (Å²) in [5.41, 5.74) is 9.64. The Bertz CT molecular complexity index is 73.7. The Labute approximate surface area is 47.4 Å². The summed E-state index contributed by atoms with van der Waals surface area (Å²) in [6.07, 6.45) is 0. The lowest BCUT2D eigenvalue weighted by molar-refractivity contribution is 0.289. The highest BCUT2D eigenvalue weighted by Gasteiger charge is 1.81. The van der Waals surface area contributed by atoms with Crippen molar-refractivity contribution in [1.82, 2.24) is 10.9 Å². The van der Waals surface area contributed by atoms with Crippen LogP contribution in [0.3, 0.4) is 0 Å². The number of nitrogens with one attached hydrogen (secondary N) is 3. The molecule has 0 saturated heterocycles. The van der Waals surface area contributed by atoms with Crippen molar-refractivity contribution in [2.45, 2.75) is 0 Å². The fourth-order valence-corrected chi connectivity index (χ4v) is 0.214. The second kappa shape index (κ2) is 4.35. The van der Waals surface area contributed by atoms with Gasteiger partial charge >= 0.3 is 0 Å².